The van der Waals surface area contributed by atoms with Gasteiger partial charge < -0.3 is 0 Å². The van der Waals surface area contributed by atoms with E-state index in [-0.39, 0.29) is 16.6 Å². The number of aromatic nitrogens is 1. The molecule has 0 aromatic carbocycles. The summed E-state index contributed by atoms with van der Waals surface area (Å²) in [4.78, 5) is 16.3. The van der Waals surface area contributed by atoms with Crippen LogP contribution < -0.4 is 0 Å². The number of alkyl halides is 1. The van der Waals surface area contributed by atoms with E-state index in [0.717, 1.165) is 32.1 Å². The van der Waals surface area contributed by atoms with Crippen molar-refractivity contribution in [2.45, 2.75) is 58.5 Å². The third-order valence-corrected chi connectivity index (χ3v) is 8.52. The maximum atomic E-state index is 14.4. The maximum absolute atomic E-state index is 14.4. The van der Waals surface area contributed by atoms with Crippen molar-refractivity contribution in [2.75, 3.05) is 0 Å². The van der Waals surface area contributed by atoms with Crippen molar-refractivity contribution in [3.05, 3.63) is 47.8 Å². The molecule has 2 fully saturated rings. The van der Waals surface area contributed by atoms with Crippen molar-refractivity contribution >= 4 is 11.4 Å². The minimum absolute atomic E-state index is 0.130. The molecule has 5 rings (SSSR count). The zero-order valence-electron chi connectivity index (χ0n) is 16.2. The molecular weight excluding hydrogens is 337 g/mol. The van der Waals surface area contributed by atoms with Crippen LogP contribution in [-0.2, 0) is 4.79 Å². The summed E-state index contributed by atoms with van der Waals surface area (Å²) in [5.74, 6) is 1.45. The number of pyridine rings is 1. The lowest BCUT2D eigenvalue weighted by atomic mass is 9.46. The Labute approximate surface area is 161 Å². The molecule has 4 aliphatic carbocycles. The fourth-order valence-corrected chi connectivity index (χ4v) is 7.12. The number of fused-ring (bicyclic) bond motifs is 5. The molecule has 1 aromatic heterocycles. The van der Waals surface area contributed by atoms with Gasteiger partial charge in [0.15, 0.2) is 12.0 Å². The molecule has 0 amide bonds. The number of ketones is 1. The van der Waals surface area contributed by atoms with Gasteiger partial charge in [-0.3, -0.25) is 9.78 Å². The maximum Gasteiger partial charge on any atom is 0.189 e. The van der Waals surface area contributed by atoms with Gasteiger partial charge in [-0.25, -0.2) is 4.39 Å². The Hall–Kier alpha value is -1.77. The van der Waals surface area contributed by atoms with Crippen LogP contribution in [-0.4, -0.2) is 16.9 Å². The van der Waals surface area contributed by atoms with Crippen LogP contribution in [0.5, 0.6) is 0 Å². The van der Waals surface area contributed by atoms with E-state index in [0.29, 0.717) is 24.2 Å². The monoisotopic (exact) mass is 365 g/mol. The third kappa shape index (κ3) is 2.36. The first-order valence-electron chi connectivity index (χ1n) is 10.4. The lowest BCUT2D eigenvalue weighted by Crippen LogP contribution is -2.51. The van der Waals surface area contributed by atoms with E-state index in [1.165, 1.54) is 16.7 Å². The van der Waals surface area contributed by atoms with Crippen molar-refractivity contribution in [3.8, 4) is 0 Å². The van der Waals surface area contributed by atoms with Gasteiger partial charge in [0.05, 0.1) is 0 Å². The molecule has 3 heteroatoms. The van der Waals surface area contributed by atoms with E-state index < -0.39 is 6.17 Å². The van der Waals surface area contributed by atoms with E-state index in [9.17, 15) is 9.18 Å². The van der Waals surface area contributed by atoms with Crippen molar-refractivity contribution in [2.24, 2.45) is 28.6 Å². The molecule has 0 bridgehead atoms. The van der Waals surface area contributed by atoms with Gasteiger partial charge in [-0.05, 0) is 90.4 Å². The van der Waals surface area contributed by atoms with Gasteiger partial charge in [-0.1, -0.05) is 31.6 Å². The normalized spacial score (nSPS) is 43.3. The van der Waals surface area contributed by atoms with Gasteiger partial charge in [0.1, 0.15) is 0 Å². The number of hydrogen-bond acceptors (Lipinski definition) is 2. The van der Waals surface area contributed by atoms with Crippen LogP contribution in [0.15, 0.2) is 42.3 Å². The molecule has 6 atom stereocenters. The average Bonchev–Trinajstić information content (AvgIpc) is 3.01. The number of rotatable bonds is 1. The Balaban J connectivity index is 1.48. The topological polar surface area (TPSA) is 30.0 Å². The zero-order valence-corrected chi connectivity index (χ0v) is 16.2. The minimum Gasteiger partial charge on any atom is -0.292 e. The molecule has 1 heterocycles. The predicted molar refractivity (Wildman–Crippen MR) is 105 cm³/mol. The first-order valence-corrected chi connectivity index (χ1v) is 10.4. The quantitative estimate of drug-likeness (QED) is 0.652. The Kier molecular flexibility index (Phi) is 3.76. The summed E-state index contributed by atoms with van der Waals surface area (Å²) in [5.41, 5.74) is 4.02. The molecule has 2 saturated carbocycles. The molecule has 0 spiro atoms. The van der Waals surface area contributed by atoms with Gasteiger partial charge in [-0.2, -0.15) is 0 Å². The molecule has 0 N–H and O–H groups in total. The van der Waals surface area contributed by atoms with Crippen LogP contribution in [0.4, 0.5) is 4.39 Å². The van der Waals surface area contributed by atoms with Gasteiger partial charge in [0.25, 0.3) is 0 Å². The smallest absolute Gasteiger partial charge is 0.189 e. The van der Waals surface area contributed by atoms with Crippen LogP contribution in [0, 0.1) is 28.6 Å². The van der Waals surface area contributed by atoms with Crippen molar-refractivity contribution in [3.63, 3.8) is 0 Å². The number of nitrogens with zero attached hydrogens (tertiary/aromatic N) is 1. The highest BCUT2D eigenvalue weighted by Crippen LogP contribution is 2.66. The van der Waals surface area contributed by atoms with Crippen LogP contribution in [0.25, 0.3) is 5.57 Å². The number of hydrogen-bond donors (Lipinski definition) is 0. The summed E-state index contributed by atoms with van der Waals surface area (Å²) < 4.78 is 14.4. The number of carbonyl (C=O) groups is 1. The lowest BCUT2D eigenvalue weighted by Gasteiger charge is -2.58. The Bertz CT molecular complexity index is 843. The average molecular weight is 365 g/mol. The predicted octanol–water partition coefficient (Wildman–Crippen LogP) is 5.55. The first-order chi connectivity index (χ1) is 12.9. The number of carbonyl (C=O) groups excluding carboxylic acids is 1. The summed E-state index contributed by atoms with van der Waals surface area (Å²) >= 11 is 0. The summed E-state index contributed by atoms with van der Waals surface area (Å²) in [7, 11) is 0. The van der Waals surface area contributed by atoms with E-state index in [4.69, 9.17) is 0 Å². The molecular formula is C24H28FNO. The Morgan fingerprint density at radius 1 is 1.19 bits per heavy atom. The number of halogens is 1. The standard InChI is InChI=1S/C24H28FNO/c1-23-10-9-20-17(6-5-16-12-22(27)21(25)13-24(16,20)2)19(23)8-7-18(23)15-4-3-11-26-14-15/h3-4,7,11-12,14,17,19-21H,5-6,8-10,13H2,1-2H3/t17-,19-,20-,21?,23+,24-/m0/s1. The van der Waals surface area contributed by atoms with Crippen molar-refractivity contribution in [1.82, 2.24) is 4.98 Å². The molecule has 0 saturated heterocycles. The van der Waals surface area contributed by atoms with Crippen LogP contribution >= 0.6 is 0 Å². The van der Waals surface area contributed by atoms with Crippen molar-refractivity contribution < 1.29 is 9.18 Å². The first kappa shape index (κ1) is 17.3. The van der Waals surface area contributed by atoms with E-state index in [1.807, 2.05) is 18.5 Å². The lowest BCUT2D eigenvalue weighted by molar-refractivity contribution is -0.123. The molecule has 1 unspecified atom stereocenters. The molecule has 27 heavy (non-hydrogen) atoms. The molecule has 4 aliphatic rings. The largest absolute Gasteiger partial charge is 0.292 e. The van der Waals surface area contributed by atoms with Crippen molar-refractivity contribution in [1.29, 1.82) is 0 Å². The highest BCUT2D eigenvalue weighted by Gasteiger charge is 2.58. The number of allylic oxidation sites excluding steroid dienone is 4. The second-order valence-corrected chi connectivity index (χ2v) is 9.63. The molecule has 1 aromatic rings. The van der Waals surface area contributed by atoms with E-state index in [2.05, 4.69) is 31.0 Å². The van der Waals surface area contributed by atoms with Crippen LogP contribution in [0.3, 0.4) is 0 Å². The molecule has 2 nitrogen and oxygen atoms in total. The van der Waals surface area contributed by atoms with E-state index in [1.54, 1.807) is 6.08 Å². The zero-order chi connectivity index (χ0) is 18.8. The summed E-state index contributed by atoms with van der Waals surface area (Å²) in [6, 6.07) is 4.21. The van der Waals surface area contributed by atoms with Gasteiger partial charge >= 0.3 is 0 Å². The van der Waals surface area contributed by atoms with Crippen LogP contribution in [0.1, 0.15) is 57.9 Å². The molecule has 0 radical (unpaired) electrons. The second kappa shape index (κ2) is 5.86. The summed E-state index contributed by atoms with van der Waals surface area (Å²) in [6.45, 7) is 4.68. The second-order valence-electron chi connectivity index (χ2n) is 9.63. The Morgan fingerprint density at radius 2 is 2.04 bits per heavy atom. The van der Waals surface area contributed by atoms with Gasteiger partial charge in [0, 0.05) is 12.4 Å². The van der Waals surface area contributed by atoms with E-state index >= 15 is 0 Å². The highest BCUT2D eigenvalue weighted by atomic mass is 19.1. The molecule has 142 valence electrons. The molecule has 0 aliphatic heterocycles. The fraction of sp³-hybridized carbons (Fsp3) is 0.583. The highest BCUT2D eigenvalue weighted by molar-refractivity contribution is 5.95. The fourth-order valence-electron chi connectivity index (χ4n) is 7.12. The van der Waals surface area contributed by atoms with Gasteiger partial charge in [-0.15, -0.1) is 0 Å². The summed E-state index contributed by atoms with van der Waals surface area (Å²) in [6.07, 6.45) is 12.5. The van der Waals surface area contributed by atoms with Gasteiger partial charge in [0.2, 0.25) is 0 Å². The van der Waals surface area contributed by atoms with Crippen LogP contribution in [0.2, 0.25) is 0 Å². The third-order valence-electron chi connectivity index (χ3n) is 8.52. The SMILES string of the molecule is C[C@]12CC(F)C(=O)C=C1CC[C@@H]1[C@@H]2CC[C@]2(C)C(c3cccnc3)=CC[C@@H]12. The summed E-state index contributed by atoms with van der Waals surface area (Å²) in [5, 5.41) is 0. The Morgan fingerprint density at radius 3 is 2.81 bits per heavy atom. The minimum atomic E-state index is -1.31.